The molecule has 1 aliphatic heterocycles. The van der Waals surface area contributed by atoms with Crippen molar-refractivity contribution in [2.75, 3.05) is 19.6 Å². The molecule has 80 valence electrons. The summed E-state index contributed by atoms with van der Waals surface area (Å²) in [6, 6.07) is 0. The average molecular weight is 193 g/mol. The van der Waals surface area contributed by atoms with Gasteiger partial charge >= 0.3 is 0 Å². The molecule has 0 aromatic carbocycles. The van der Waals surface area contributed by atoms with Gasteiger partial charge in [-0.3, -0.25) is 0 Å². The lowest BCUT2D eigenvalue weighted by molar-refractivity contribution is 0.209. The van der Waals surface area contributed by atoms with Crippen LogP contribution in [0.1, 0.15) is 40.0 Å². The first kappa shape index (κ1) is 9.21. The Morgan fingerprint density at radius 1 is 1.14 bits per heavy atom. The number of rotatable bonds is 3. The molecular formula is C13H23N. The van der Waals surface area contributed by atoms with Crippen LogP contribution in [0, 0.1) is 22.7 Å². The van der Waals surface area contributed by atoms with E-state index in [4.69, 9.17) is 0 Å². The molecule has 0 aromatic heterocycles. The van der Waals surface area contributed by atoms with E-state index in [0.29, 0.717) is 5.41 Å². The molecule has 1 heterocycles. The summed E-state index contributed by atoms with van der Waals surface area (Å²) >= 11 is 0. The zero-order chi connectivity index (χ0) is 9.97. The molecule has 2 unspecified atom stereocenters. The second kappa shape index (κ2) is 2.55. The first-order valence-corrected chi connectivity index (χ1v) is 6.30. The van der Waals surface area contributed by atoms with Crippen LogP contribution in [0.5, 0.6) is 0 Å². The highest BCUT2D eigenvalue weighted by Gasteiger charge is 2.62. The molecule has 2 atom stereocenters. The number of nitrogens with zero attached hydrogens (tertiary/aromatic N) is 1. The SMILES string of the molecule is CCC1(CN2CC3C(C2)C3(C)C)CC1. The summed E-state index contributed by atoms with van der Waals surface area (Å²) in [5.74, 6) is 2.07. The Morgan fingerprint density at radius 2 is 1.71 bits per heavy atom. The number of fused-ring (bicyclic) bond motifs is 1. The van der Waals surface area contributed by atoms with Gasteiger partial charge in [0.25, 0.3) is 0 Å². The van der Waals surface area contributed by atoms with Crippen molar-refractivity contribution in [3.05, 3.63) is 0 Å². The zero-order valence-corrected chi connectivity index (χ0v) is 9.84. The molecule has 3 fully saturated rings. The Bertz CT molecular complexity index is 238. The molecule has 3 rings (SSSR count). The van der Waals surface area contributed by atoms with Crippen molar-refractivity contribution < 1.29 is 0 Å². The molecule has 0 N–H and O–H groups in total. The topological polar surface area (TPSA) is 3.24 Å². The van der Waals surface area contributed by atoms with E-state index in [1.54, 1.807) is 0 Å². The van der Waals surface area contributed by atoms with Gasteiger partial charge in [0.1, 0.15) is 0 Å². The van der Waals surface area contributed by atoms with E-state index >= 15 is 0 Å². The van der Waals surface area contributed by atoms with Gasteiger partial charge in [-0.1, -0.05) is 20.8 Å². The fourth-order valence-electron chi connectivity index (χ4n) is 3.62. The van der Waals surface area contributed by atoms with Gasteiger partial charge in [-0.25, -0.2) is 0 Å². The van der Waals surface area contributed by atoms with E-state index in [1.165, 1.54) is 38.9 Å². The maximum absolute atomic E-state index is 2.75. The van der Waals surface area contributed by atoms with Gasteiger partial charge in [0.05, 0.1) is 0 Å². The smallest absolute Gasteiger partial charge is 0.00381 e. The van der Waals surface area contributed by atoms with Gasteiger partial charge in [0.15, 0.2) is 0 Å². The van der Waals surface area contributed by atoms with E-state index in [2.05, 4.69) is 25.7 Å². The number of piperidine rings is 1. The minimum atomic E-state index is 0.694. The number of likely N-dealkylation sites (tertiary alicyclic amines) is 1. The minimum Gasteiger partial charge on any atom is -0.302 e. The van der Waals surface area contributed by atoms with Crippen molar-refractivity contribution >= 4 is 0 Å². The fourth-order valence-corrected chi connectivity index (χ4v) is 3.62. The van der Waals surface area contributed by atoms with Gasteiger partial charge in [0.2, 0.25) is 0 Å². The molecule has 1 heteroatoms. The van der Waals surface area contributed by atoms with Crippen LogP contribution in [0.15, 0.2) is 0 Å². The van der Waals surface area contributed by atoms with E-state index < -0.39 is 0 Å². The van der Waals surface area contributed by atoms with Crippen LogP contribution in [-0.4, -0.2) is 24.5 Å². The molecule has 2 saturated carbocycles. The van der Waals surface area contributed by atoms with Crippen LogP contribution in [0.3, 0.4) is 0 Å². The Kier molecular flexibility index (Phi) is 1.68. The third-order valence-electron chi connectivity index (χ3n) is 5.46. The van der Waals surface area contributed by atoms with E-state index in [1.807, 2.05) is 0 Å². The van der Waals surface area contributed by atoms with Crippen molar-refractivity contribution in [3.8, 4) is 0 Å². The summed E-state index contributed by atoms with van der Waals surface area (Å²) in [6.45, 7) is 11.5. The van der Waals surface area contributed by atoms with Crippen LogP contribution in [0.25, 0.3) is 0 Å². The first-order valence-electron chi connectivity index (χ1n) is 6.30. The predicted molar refractivity (Wildman–Crippen MR) is 59.2 cm³/mol. The van der Waals surface area contributed by atoms with Crippen molar-refractivity contribution in [2.24, 2.45) is 22.7 Å². The van der Waals surface area contributed by atoms with Gasteiger partial charge < -0.3 is 4.90 Å². The fraction of sp³-hybridized carbons (Fsp3) is 1.00. The van der Waals surface area contributed by atoms with Crippen molar-refractivity contribution in [1.29, 1.82) is 0 Å². The van der Waals surface area contributed by atoms with Crippen molar-refractivity contribution in [1.82, 2.24) is 4.90 Å². The third-order valence-corrected chi connectivity index (χ3v) is 5.46. The van der Waals surface area contributed by atoms with Gasteiger partial charge in [-0.2, -0.15) is 0 Å². The standard InChI is InChI=1S/C13H23N/c1-4-13(5-6-13)9-14-7-10-11(8-14)12(10,2)3/h10-11H,4-9H2,1-3H3. The third kappa shape index (κ3) is 1.18. The molecule has 2 aliphatic carbocycles. The number of hydrogen-bond acceptors (Lipinski definition) is 1. The van der Waals surface area contributed by atoms with Crippen molar-refractivity contribution in [2.45, 2.75) is 40.0 Å². The van der Waals surface area contributed by atoms with Crippen LogP contribution in [0.4, 0.5) is 0 Å². The lowest BCUT2D eigenvalue weighted by Crippen LogP contribution is -2.32. The van der Waals surface area contributed by atoms with E-state index in [-0.39, 0.29) is 0 Å². The second-order valence-electron chi connectivity index (χ2n) is 6.58. The monoisotopic (exact) mass is 193 g/mol. The summed E-state index contributed by atoms with van der Waals surface area (Å²) in [6.07, 6.45) is 4.40. The van der Waals surface area contributed by atoms with Crippen LogP contribution >= 0.6 is 0 Å². The second-order valence-corrected chi connectivity index (χ2v) is 6.58. The highest BCUT2D eigenvalue weighted by Crippen LogP contribution is 2.62. The predicted octanol–water partition coefficient (Wildman–Crippen LogP) is 2.76. The lowest BCUT2D eigenvalue weighted by Gasteiger charge is -2.26. The normalized spacial score (nSPS) is 42.2. The molecule has 1 saturated heterocycles. The Morgan fingerprint density at radius 3 is 2.14 bits per heavy atom. The highest BCUT2D eigenvalue weighted by molar-refractivity contribution is 5.12. The van der Waals surface area contributed by atoms with E-state index in [0.717, 1.165) is 17.3 Å². The minimum absolute atomic E-state index is 0.694. The molecule has 14 heavy (non-hydrogen) atoms. The Hall–Kier alpha value is -0.0400. The molecule has 0 bridgehead atoms. The van der Waals surface area contributed by atoms with Crippen molar-refractivity contribution in [3.63, 3.8) is 0 Å². The highest BCUT2D eigenvalue weighted by atomic mass is 15.2. The molecule has 0 amide bonds. The van der Waals surface area contributed by atoms with Crippen LogP contribution in [0.2, 0.25) is 0 Å². The summed E-state index contributed by atoms with van der Waals surface area (Å²) < 4.78 is 0. The van der Waals surface area contributed by atoms with Gasteiger partial charge in [-0.05, 0) is 41.9 Å². The quantitative estimate of drug-likeness (QED) is 0.666. The Labute approximate surface area is 87.9 Å². The number of hydrogen-bond donors (Lipinski definition) is 0. The molecular weight excluding hydrogens is 170 g/mol. The molecule has 1 nitrogen and oxygen atoms in total. The van der Waals surface area contributed by atoms with Gasteiger partial charge in [-0.15, -0.1) is 0 Å². The first-order chi connectivity index (χ1) is 6.57. The lowest BCUT2D eigenvalue weighted by atomic mass is 10.0. The maximum atomic E-state index is 2.75. The summed E-state index contributed by atoms with van der Waals surface area (Å²) in [5, 5.41) is 0. The Balaban J connectivity index is 1.55. The summed E-state index contributed by atoms with van der Waals surface area (Å²) in [4.78, 5) is 2.75. The molecule has 0 aromatic rings. The summed E-state index contributed by atoms with van der Waals surface area (Å²) in [5.41, 5.74) is 1.46. The zero-order valence-electron chi connectivity index (χ0n) is 9.84. The van der Waals surface area contributed by atoms with Crippen LogP contribution in [-0.2, 0) is 0 Å². The molecule has 3 aliphatic rings. The average Bonchev–Trinajstić information content (AvgIpc) is 2.90. The molecule has 0 radical (unpaired) electrons. The van der Waals surface area contributed by atoms with E-state index in [9.17, 15) is 0 Å². The largest absolute Gasteiger partial charge is 0.302 e. The van der Waals surface area contributed by atoms with Gasteiger partial charge in [0, 0.05) is 19.6 Å². The van der Waals surface area contributed by atoms with Crippen LogP contribution < -0.4 is 0 Å². The summed E-state index contributed by atoms with van der Waals surface area (Å²) in [7, 11) is 0. The molecule has 0 spiro atoms. The maximum Gasteiger partial charge on any atom is 0.00381 e.